The van der Waals surface area contributed by atoms with Crippen molar-refractivity contribution in [3.63, 3.8) is 0 Å². The van der Waals surface area contributed by atoms with Crippen LogP contribution in [0, 0.1) is 5.82 Å². The van der Waals surface area contributed by atoms with E-state index in [4.69, 9.17) is 4.52 Å². The van der Waals surface area contributed by atoms with Crippen molar-refractivity contribution in [2.45, 2.75) is 24.8 Å². The molecule has 2 aromatic rings. The van der Waals surface area contributed by atoms with Gasteiger partial charge in [0.25, 0.3) is 0 Å². The predicted molar refractivity (Wildman–Crippen MR) is 97.4 cm³/mol. The number of hydrogen-bond donors (Lipinski definition) is 2. The highest BCUT2D eigenvalue weighted by Crippen LogP contribution is 2.48. The van der Waals surface area contributed by atoms with Crippen LogP contribution in [0.15, 0.2) is 46.1 Å². The first-order chi connectivity index (χ1) is 10.7. The highest BCUT2D eigenvalue weighted by atomic mass is 127. The molecule has 1 fully saturated rings. The maximum atomic E-state index is 14.0. The Morgan fingerprint density at radius 2 is 2.09 bits per heavy atom. The lowest BCUT2D eigenvalue weighted by atomic mass is 9.95. The van der Waals surface area contributed by atoms with E-state index in [-0.39, 0.29) is 35.2 Å². The summed E-state index contributed by atoms with van der Waals surface area (Å²) in [7, 11) is 1.71. The minimum Gasteiger partial charge on any atom is -0.364 e. The van der Waals surface area contributed by atoms with Crippen LogP contribution in [0.3, 0.4) is 0 Å². The molecule has 1 heterocycles. The molecule has 0 atom stereocenters. The standard InChI is InChI=1S/C16H19FN4O.HI/c1-18-15(19-10-12-6-9-22-21-12)20-11-16(7-8-16)13-4-2-3-5-14(13)17;/h2-6,9H,7-8,10-11H2,1H3,(H2,18,19,20);1H. The quantitative estimate of drug-likeness (QED) is 0.435. The van der Waals surface area contributed by atoms with Gasteiger partial charge in [-0.3, -0.25) is 4.99 Å². The third kappa shape index (κ3) is 4.21. The zero-order valence-electron chi connectivity index (χ0n) is 12.9. The second kappa shape index (κ2) is 7.76. The molecular formula is C16H20FIN4O. The number of rotatable bonds is 5. The molecular weight excluding hydrogens is 410 g/mol. The molecule has 0 amide bonds. The normalized spacial score (nSPS) is 15.7. The van der Waals surface area contributed by atoms with E-state index in [1.807, 2.05) is 12.1 Å². The van der Waals surface area contributed by atoms with Gasteiger partial charge in [0.1, 0.15) is 17.8 Å². The Hall–Kier alpha value is -1.64. The molecule has 0 bridgehead atoms. The molecule has 0 saturated heterocycles. The van der Waals surface area contributed by atoms with E-state index >= 15 is 0 Å². The molecule has 0 unspecified atom stereocenters. The van der Waals surface area contributed by atoms with Crippen LogP contribution in [0.2, 0.25) is 0 Å². The van der Waals surface area contributed by atoms with Gasteiger partial charge >= 0.3 is 0 Å². The first-order valence-electron chi connectivity index (χ1n) is 7.32. The minimum absolute atomic E-state index is 0. The SMILES string of the molecule is CN=C(NCc1ccon1)NCC1(c2ccccc2F)CC1.I. The summed E-state index contributed by atoms with van der Waals surface area (Å²) in [6.45, 7) is 1.19. The summed E-state index contributed by atoms with van der Waals surface area (Å²) in [5, 5.41) is 10.3. The van der Waals surface area contributed by atoms with Crippen molar-refractivity contribution in [3.8, 4) is 0 Å². The molecule has 124 valence electrons. The van der Waals surface area contributed by atoms with E-state index in [0.29, 0.717) is 19.0 Å². The third-order valence-electron chi connectivity index (χ3n) is 4.04. The summed E-state index contributed by atoms with van der Waals surface area (Å²) in [6, 6.07) is 8.79. The number of hydrogen-bond acceptors (Lipinski definition) is 3. The van der Waals surface area contributed by atoms with Gasteiger partial charge in [-0.25, -0.2) is 4.39 Å². The Morgan fingerprint density at radius 3 is 2.70 bits per heavy atom. The lowest BCUT2D eigenvalue weighted by Crippen LogP contribution is -2.41. The molecule has 1 aliphatic rings. The Balaban J connectivity index is 0.00000192. The molecule has 0 spiro atoms. The van der Waals surface area contributed by atoms with Gasteiger partial charge in [0.15, 0.2) is 5.96 Å². The van der Waals surface area contributed by atoms with Crippen LogP contribution in [0.25, 0.3) is 0 Å². The van der Waals surface area contributed by atoms with Gasteiger partial charge in [-0.2, -0.15) is 0 Å². The van der Waals surface area contributed by atoms with E-state index in [1.54, 1.807) is 19.2 Å². The molecule has 0 radical (unpaired) electrons. The number of benzene rings is 1. The topological polar surface area (TPSA) is 62.5 Å². The lowest BCUT2D eigenvalue weighted by molar-refractivity contribution is 0.410. The van der Waals surface area contributed by atoms with Crippen LogP contribution in [0.5, 0.6) is 0 Å². The summed E-state index contributed by atoms with van der Waals surface area (Å²) < 4.78 is 18.8. The second-order valence-electron chi connectivity index (χ2n) is 5.53. The van der Waals surface area contributed by atoms with E-state index < -0.39 is 0 Å². The molecule has 3 rings (SSSR count). The summed E-state index contributed by atoms with van der Waals surface area (Å²) in [5.74, 6) is 0.540. The average Bonchev–Trinajstić information content (AvgIpc) is 3.13. The summed E-state index contributed by atoms with van der Waals surface area (Å²) in [4.78, 5) is 4.18. The van der Waals surface area contributed by atoms with Gasteiger partial charge in [0, 0.05) is 25.1 Å². The van der Waals surface area contributed by atoms with Crippen LogP contribution in [-0.2, 0) is 12.0 Å². The van der Waals surface area contributed by atoms with Gasteiger partial charge in [-0.1, -0.05) is 23.4 Å². The van der Waals surface area contributed by atoms with Crippen molar-refractivity contribution in [3.05, 3.63) is 53.7 Å². The number of nitrogens with one attached hydrogen (secondary N) is 2. The van der Waals surface area contributed by atoms with Crippen LogP contribution < -0.4 is 10.6 Å². The molecule has 1 aromatic heterocycles. The van der Waals surface area contributed by atoms with Gasteiger partial charge < -0.3 is 15.2 Å². The highest BCUT2D eigenvalue weighted by Gasteiger charge is 2.45. The highest BCUT2D eigenvalue weighted by molar-refractivity contribution is 14.0. The van der Waals surface area contributed by atoms with Crippen molar-refractivity contribution in [2.75, 3.05) is 13.6 Å². The Labute approximate surface area is 151 Å². The van der Waals surface area contributed by atoms with Crippen molar-refractivity contribution in [2.24, 2.45) is 4.99 Å². The minimum atomic E-state index is -0.132. The molecule has 1 aromatic carbocycles. The monoisotopic (exact) mass is 430 g/mol. The largest absolute Gasteiger partial charge is 0.364 e. The smallest absolute Gasteiger partial charge is 0.191 e. The number of nitrogens with zero attached hydrogens (tertiary/aromatic N) is 2. The molecule has 5 nitrogen and oxygen atoms in total. The van der Waals surface area contributed by atoms with E-state index in [9.17, 15) is 4.39 Å². The fourth-order valence-electron chi connectivity index (χ4n) is 2.56. The zero-order valence-corrected chi connectivity index (χ0v) is 15.2. The van der Waals surface area contributed by atoms with Crippen molar-refractivity contribution >= 4 is 29.9 Å². The van der Waals surface area contributed by atoms with E-state index in [2.05, 4.69) is 20.8 Å². The zero-order chi connectivity index (χ0) is 15.4. The van der Waals surface area contributed by atoms with Gasteiger partial charge in [-0.15, -0.1) is 24.0 Å². The number of guanidine groups is 1. The Kier molecular flexibility index (Phi) is 5.97. The summed E-state index contributed by atoms with van der Waals surface area (Å²) in [5.41, 5.74) is 1.48. The first kappa shape index (κ1) is 17.7. The Morgan fingerprint density at radius 1 is 1.30 bits per heavy atom. The van der Waals surface area contributed by atoms with Gasteiger partial charge in [0.05, 0.1) is 6.54 Å². The van der Waals surface area contributed by atoms with Crippen LogP contribution in [0.4, 0.5) is 4.39 Å². The summed E-state index contributed by atoms with van der Waals surface area (Å²) >= 11 is 0. The molecule has 23 heavy (non-hydrogen) atoms. The van der Waals surface area contributed by atoms with Crippen LogP contribution in [-0.4, -0.2) is 24.7 Å². The number of halogens is 2. The van der Waals surface area contributed by atoms with Crippen molar-refractivity contribution < 1.29 is 8.91 Å². The fraction of sp³-hybridized carbons (Fsp3) is 0.375. The maximum Gasteiger partial charge on any atom is 0.191 e. The lowest BCUT2D eigenvalue weighted by Gasteiger charge is -2.19. The van der Waals surface area contributed by atoms with E-state index in [0.717, 1.165) is 24.1 Å². The number of aromatic nitrogens is 1. The van der Waals surface area contributed by atoms with Crippen LogP contribution >= 0.6 is 24.0 Å². The Bertz CT molecular complexity index is 656. The molecule has 1 saturated carbocycles. The van der Waals surface area contributed by atoms with Crippen molar-refractivity contribution in [1.82, 2.24) is 15.8 Å². The van der Waals surface area contributed by atoms with Gasteiger partial charge in [-0.05, 0) is 24.5 Å². The number of aliphatic imine (C=N–C) groups is 1. The van der Waals surface area contributed by atoms with E-state index in [1.165, 1.54) is 12.3 Å². The van der Waals surface area contributed by atoms with Gasteiger partial charge in [0.2, 0.25) is 0 Å². The fourth-order valence-corrected chi connectivity index (χ4v) is 2.56. The van der Waals surface area contributed by atoms with Crippen molar-refractivity contribution in [1.29, 1.82) is 0 Å². The maximum absolute atomic E-state index is 14.0. The first-order valence-corrected chi connectivity index (χ1v) is 7.32. The average molecular weight is 430 g/mol. The second-order valence-corrected chi connectivity index (χ2v) is 5.53. The molecule has 2 N–H and O–H groups in total. The third-order valence-corrected chi connectivity index (χ3v) is 4.04. The molecule has 1 aliphatic carbocycles. The summed E-state index contributed by atoms with van der Waals surface area (Å²) in [6.07, 6.45) is 3.51. The molecule has 0 aliphatic heterocycles. The van der Waals surface area contributed by atoms with Crippen LogP contribution in [0.1, 0.15) is 24.1 Å². The predicted octanol–water partition coefficient (Wildman–Crippen LogP) is 2.83. The molecule has 7 heteroatoms.